The van der Waals surface area contributed by atoms with Crippen molar-refractivity contribution in [2.24, 2.45) is 21.2 Å². The molecule has 1 heteroatoms. The highest BCUT2D eigenvalue weighted by Crippen LogP contribution is 2.53. The Morgan fingerprint density at radius 2 is 1.72 bits per heavy atom. The summed E-state index contributed by atoms with van der Waals surface area (Å²) in [6.45, 7) is 21.8. The summed E-state index contributed by atoms with van der Waals surface area (Å²) in [6, 6.07) is 0.759. The van der Waals surface area contributed by atoms with Gasteiger partial charge in [0.05, 0.1) is 1.37 Å². The number of aliphatic imine (C=N–C) groups is 1. The van der Waals surface area contributed by atoms with E-state index in [2.05, 4.69) is 67.1 Å². The van der Waals surface area contributed by atoms with Crippen LogP contribution in [0.5, 0.6) is 0 Å². The Labute approximate surface area is 114 Å². The van der Waals surface area contributed by atoms with Gasteiger partial charge in [-0.25, -0.2) is 0 Å². The van der Waals surface area contributed by atoms with Crippen molar-refractivity contribution in [2.75, 3.05) is 6.54 Å². The van der Waals surface area contributed by atoms with Crippen molar-refractivity contribution in [2.45, 2.75) is 55.4 Å². The van der Waals surface area contributed by atoms with Crippen molar-refractivity contribution in [1.29, 1.82) is 0 Å². The molecule has 0 saturated carbocycles. The summed E-state index contributed by atoms with van der Waals surface area (Å²) in [5, 5.41) is 0. The second kappa shape index (κ2) is 4.36. The molecule has 1 aliphatic rings. The van der Waals surface area contributed by atoms with E-state index in [0.717, 1.165) is 6.05 Å². The molecule has 102 valence electrons. The molecule has 0 spiro atoms. The lowest BCUT2D eigenvalue weighted by atomic mass is 9.58. The first-order valence-corrected chi connectivity index (χ1v) is 6.74. The van der Waals surface area contributed by atoms with Crippen LogP contribution in [-0.4, -0.2) is 13.3 Å². The molecule has 0 atom stereocenters. The molecule has 0 N–H and O–H groups in total. The molecule has 0 saturated heterocycles. The van der Waals surface area contributed by atoms with Gasteiger partial charge in [0.2, 0.25) is 0 Å². The van der Waals surface area contributed by atoms with Crippen LogP contribution >= 0.6 is 0 Å². The van der Waals surface area contributed by atoms with Gasteiger partial charge in [0, 0.05) is 22.8 Å². The first kappa shape index (κ1) is 13.6. The van der Waals surface area contributed by atoms with Gasteiger partial charge in [0.15, 0.2) is 0 Å². The third kappa shape index (κ3) is 2.32. The van der Waals surface area contributed by atoms with Crippen molar-refractivity contribution < 1.29 is 1.37 Å². The Morgan fingerprint density at radius 1 is 1.22 bits per heavy atom. The van der Waals surface area contributed by atoms with E-state index < -0.39 is 0 Å². The van der Waals surface area contributed by atoms with Crippen LogP contribution in [0.3, 0.4) is 0 Å². The van der Waals surface area contributed by atoms with Gasteiger partial charge in [0.1, 0.15) is 0 Å². The maximum atomic E-state index is 8.73. The van der Waals surface area contributed by atoms with Gasteiger partial charge < -0.3 is 4.99 Å². The predicted octanol–water partition coefficient (Wildman–Crippen LogP) is 5.04. The Kier molecular flexibility index (Phi) is 3.29. The smallest absolute Gasteiger partial charge is 0.0585 e. The number of hydrogen-bond donors (Lipinski definition) is 0. The van der Waals surface area contributed by atoms with Crippen LogP contribution in [0, 0.1) is 16.2 Å². The SMILES string of the molecule is [3H]C1=C(C(C)(C)CN=C)C(C)(C)C(C)=C(C)C1(C)C. The van der Waals surface area contributed by atoms with Crippen LogP contribution < -0.4 is 0 Å². The fraction of sp³-hybridized carbons (Fsp3) is 0.706. The molecule has 1 nitrogen and oxygen atoms in total. The lowest BCUT2D eigenvalue weighted by molar-refractivity contribution is 0.329. The molecule has 0 fully saturated rings. The third-order valence-corrected chi connectivity index (χ3v) is 4.68. The number of nitrogens with zero attached hydrogens (tertiary/aromatic N) is 1. The summed E-state index contributed by atoms with van der Waals surface area (Å²) in [5.74, 6) is 0. The zero-order chi connectivity index (χ0) is 15.2. The summed E-state index contributed by atoms with van der Waals surface area (Å²) >= 11 is 0. The fourth-order valence-corrected chi connectivity index (χ4v) is 3.06. The topological polar surface area (TPSA) is 12.4 Å². The third-order valence-electron chi connectivity index (χ3n) is 4.68. The molecule has 0 amide bonds. The van der Waals surface area contributed by atoms with E-state index in [0.29, 0.717) is 6.54 Å². The second-order valence-corrected chi connectivity index (χ2v) is 7.27. The highest BCUT2D eigenvalue weighted by atomic mass is 14.7. The Hall–Kier alpha value is -0.850. The monoisotopic (exact) mass is 249 g/mol. The van der Waals surface area contributed by atoms with Gasteiger partial charge in [-0.15, -0.1) is 0 Å². The fourth-order valence-electron chi connectivity index (χ4n) is 3.06. The average Bonchev–Trinajstić information content (AvgIpc) is 2.24. The molecule has 0 heterocycles. The molecule has 0 aliphatic heterocycles. The average molecular weight is 249 g/mol. The molecule has 1 aliphatic carbocycles. The van der Waals surface area contributed by atoms with Crippen LogP contribution in [0.1, 0.15) is 56.8 Å². The van der Waals surface area contributed by atoms with Crippen molar-refractivity contribution in [1.82, 2.24) is 0 Å². The van der Waals surface area contributed by atoms with Crippen molar-refractivity contribution >= 4 is 6.72 Å². The zero-order valence-electron chi connectivity index (χ0n) is 14.4. The second-order valence-electron chi connectivity index (χ2n) is 7.27. The summed E-state index contributed by atoms with van der Waals surface area (Å²) in [4.78, 5) is 4.09. The Balaban J connectivity index is 3.60. The summed E-state index contributed by atoms with van der Waals surface area (Å²) < 4.78 is 8.73. The molecular formula is C17H29N. The van der Waals surface area contributed by atoms with Crippen LogP contribution in [-0.2, 0) is 0 Å². The quantitative estimate of drug-likeness (QED) is 0.491. The van der Waals surface area contributed by atoms with E-state index >= 15 is 0 Å². The summed E-state index contributed by atoms with van der Waals surface area (Å²) in [7, 11) is 0. The summed E-state index contributed by atoms with van der Waals surface area (Å²) in [5.41, 5.74) is 3.54. The normalized spacial score (nSPS) is 24.1. The lowest BCUT2D eigenvalue weighted by Gasteiger charge is -2.46. The number of rotatable bonds is 3. The predicted molar refractivity (Wildman–Crippen MR) is 82.2 cm³/mol. The van der Waals surface area contributed by atoms with E-state index in [1.807, 2.05) is 0 Å². The Morgan fingerprint density at radius 3 is 2.17 bits per heavy atom. The molecule has 0 aromatic carbocycles. The largest absolute Gasteiger partial charge is 0.300 e. The molecular weight excluding hydrogens is 218 g/mol. The molecule has 0 unspecified atom stereocenters. The highest BCUT2D eigenvalue weighted by molar-refractivity contribution is 5.43. The van der Waals surface area contributed by atoms with Crippen LogP contribution in [0.4, 0.5) is 0 Å². The van der Waals surface area contributed by atoms with E-state index in [-0.39, 0.29) is 16.2 Å². The first-order chi connectivity index (χ1) is 8.40. The molecule has 0 aromatic heterocycles. The van der Waals surface area contributed by atoms with Crippen molar-refractivity contribution in [3.05, 3.63) is 22.8 Å². The number of hydrogen-bond acceptors (Lipinski definition) is 1. The van der Waals surface area contributed by atoms with Crippen molar-refractivity contribution in [3.8, 4) is 0 Å². The molecule has 0 aromatic rings. The minimum atomic E-state index is -0.187. The van der Waals surface area contributed by atoms with Gasteiger partial charge in [-0.05, 0) is 20.6 Å². The van der Waals surface area contributed by atoms with E-state index in [9.17, 15) is 0 Å². The lowest BCUT2D eigenvalue weighted by Crippen LogP contribution is -2.36. The summed E-state index contributed by atoms with van der Waals surface area (Å²) in [6.07, 6.45) is 0. The van der Waals surface area contributed by atoms with Gasteiger partial charge >= 0.3 is 0 Å². The zero-order valence-corrected chi connectivity index (χ0v) is 13.4. The van der Waals surface area contributed by atoms with Gasteiger partial charge in [-0.2, -0.15) is 0 Å². The van der Waals surface area contributed by atoms with Crippen LogP contribution in [0.25, 0.3) is 0 Å². The van der Waals surface area contributed by atoms with Crippen LogP contribution in [0.15, 0.2) is 27.8 Å². The highest BCUT2D eigenvalue weighted by Gasteiger charge is 2.42. The molecule has 18 heavy (non-hydrogen) atoms. The first-order valence-electron chi connectivity index (χ1n) is 7.24. The van der Waals surface area contributed by atoms with E-state index in [1.165, 1.54) is 16.7 Å². The van der Waals surface area contributed by atoms with E-state index in [1.54, 1.807) is 0 Å². The van der Waals surface area contributed by atoms with Gasteiger partial charge in [0.25, 0.3) is 0 Å². The number of allylic oxidation sites excluding steroid dienone is 3. The molecule has 1 rings (SSSR count). The minimum absolute atomic E-state index is 0.0785. The Bertz CT molecular complexity index is 462. The van der Waals surface area contributed by atoms with Gasteiger partial charge in [-0.3, -0.25) is 0 Å². The van der Waals surface area contributed by atoms with Gasteiger partial charge in [-0.1, -0.05) is 64.3 Å². The minimum Gasteiger partial charge on any atom is -0.300 e. The van der Waals surface area contributed by atoms with Crippen molar-refractivity contribution in [3.63, 3.8) is 0 Å². The standard InChI is InChI=1S/C17H29N/c1-12-13(2)17(7,8)14(10-15(12,3)4)16(5,6)11-18-9/h10H,9,11H2,1-8H3/i10T. The van der Waals surface area contributed by atoms with E-state index in [4.69, 9.17) is 1.37 Å². The van der Waals surface area contributed by atoms with Crippen LogP contribution in [0.2, 0.25) is 0 Å². The maximum absolute atomic E-state index is 8.73. The molecule has 0 radical (unpaired) electrons. The maximum Gasteiger partial charge on any atom is 0.0585 e. The molecule has 0 bridgehead atoms.